The van der Waals surface area contributed by atoms with Crippen LogP contribution in [-0.2, 0) is 4.79 Å². The SMILES string of the molecule is CC(CC(O)c1ccco1)NC(=O)CC1CCSCC1. The Morgan fingerprint density at radius 1 is 1.55 bits per heavy atom. The molecule has 1 aliphatic heterocycles. The largest absolute Gasteiger partial charge is 0.467 e. The molecule has 2 atom stereocenters. The molecule has 1 aromatic rings. The second-order valence-corrected chi connectivity index (χ2v) is 6.72. The van der Waals surface area contributed by atoms with E-state index in [2.05, 4.69) is 5.32 Å². The van der Waals surface area contributed by atoms with Crippen LogP contribution in [0.1, 0.15) is 44.5 Å². The van der Waals surface area contributed by atoms with Gasteiger partial charge in [-0.3, -0.25) is 4.79 Å². The summed E-state index contributed by atoms with van der Waals surface area (Å²) in [6.07, 6.45) is 4.25. The first-order valence-electron chi connectivity index (χ1n) is 7.23. The van der Waals surface area contributed by atoms with Crippen molar-refractivity contribution in [2.45, 2.75) is 44.8 Å². The predicted molar refractivity (Wildman–Crippen MR) is 80.6 cm³/mol. The Labute approximate surface area is 124 Å². The van der Waals surface area contributed by atoms with E-state index in [1.165, 1.54) is 11.5 Å². The Morgan fingerprint density at radius 2 is 2.30 bits per heavy atom. The molecule has 4 nitrogen and oxygen atoms in total. The van der Waals surface area contributed by atoms with E-state index >= 15 is 0 Å². The van der Waals surface area contributed by atoms with Gasteiger partial charge in [0.25, 0.3) is 0 Å². The maximum atomic E-state index is 12.0. The highest BCUT2D eigenvalue weighted by Gasteiger charge is 2.20. The molecule has 1 aromatic heterocycles. The average Bonchev–Trinajstić information content (AvgIpc) is 2.93. The second-order valence-electron chi connectivity index (χ2n) is 5.50. The van der Waals surface area contributed by atoms with Gasteiger partial charge in [-0.15, -0.1) is 0 Å². The molecule has 1 fully saturated rings. The number of nitrogens with one attached hydrogen (secondary N) is 1. The Balaban J connectivity index is 1.70. The van der Waals surface area contributed by atoms with Crippen LogP contribution < -0.4 is 5.32 Å². The van der Waals surface area contributed by atoms with Crippen LogP contribution in [0.2, 0.25) is 0 Å². The lowest BCUT2D eigenvalue weighted by molar-refractivity contribution is -0.122. The van der Waals surface area contributed by atoms with Crippen LogP contribution in [0.5, 0.6) is 0 Å². The van der Waals surface area contributed by atoms with Gasteiger partial charge in [-0.05, 0) is 49.3 Å². The van der Waals surface area contributed by atoms with Crippen molar-refractivity contribution in [3.63, 3.8) is 0 Å². The van der Waals surface area contributed by atoms with Gasteiger partial charge in [-0.1, -0.05) is 0 Å². The van der Waals surface area contributed by atoms with Crippen LogP contribution in [0.4, 0.5) is 0 Å². The van der Waals surface area contributed by atoms with Crippen LogP contribution in [0, 0.1) is 5.92 Å². The van der Waals surface area contributed by atoms with Crippen molar-refractivity contribution in [1.82, 2.24) is 5.32 Å². The molecule has 0 aliphatic carbocycles. The van der Waals surface area contributed by atoms with Crippen LogP contribution >= 0.6 is 11.8 Å². The molecule has 2 heterocycles. The van der Waals surface area contributed by atoms with E-state index in [1.54, 1.807) is 18.4 Å². The van der Waals surface area contributed by atoms with Crippen LogP contribution in [-0.4, -0.2) is 28.6 Å². The fourth-order valence-electron chi connectivity index (χ4n) is 2.54. The van der Waals surface area contributed by atoms with Crippen molar-refractivity contribution in [2.75, 3.05) is 11.5 Å². The van der Waals surface area contributed by atoms with Gasteiger partial charge in [0.05, 0.1) is 6.26 Å². The highest BCUT2D eigenvalue weighted by atomic mass is 32.2. The standard InChI is InChI=1S/C15H23NO3S/c1-11(9-13(17)14-3-2-6-19-14)16-15(18)10-12-4-7-20-8-5-12/h2-3,6,11-13,17H,4-5,7-10H2,1H3,(H,16,18). The van der Waals surface area contributed by atoms with Gasteiger partial charge in [0, 0.05) is 18.9 Å². The molecule has 2 unspecified atom stereocenters. The van der Waals surface area contributed by atoms with Crippen LogP contribution in [0.25, 0.3) is 0 Å². The summed E-state index contributed by atoms with van der Waals surface area (Å²) in [5.74, 6) is 3.52. The van der Waals surface area contributed by atoms with Gasteiger partial charge >= 0.3 is 0 Å². The molecule has 1 saturated heterocycles. The van der Waals surface area contributed by atoms with Crippen molar-refractivity contribution in [2.24, 2.45) is 5.92 Å². The third-order valence-electron chi connectivity index (χ3n) is 3.67. The van der Waals surface area contributed by atoms with Gasteiger partial charge in [0.2, 0.25) is 5.91 Å². The topological polar surface area (TPSA) is 62.5 Å². The smallest absolute Gasteiger partial charge is 0.220 e. The molecule has 20 heavy (non-hydrogen) atoms. The van der Waals surface area contributed by atoms with Crippen molar-refractivity contribution < 1.29 is 14.3 Å². The minimum Gasteiger partial charge on any atom is -0.467 e. The third kappa shape index (κ3) is 4.87. The average molecular weight is 297 g/mol. The first kappa shape index (κ1) is 15.4. The lowest BCUT2D eigenvalue weighted by Gasteiger charge is -2.22. The summed E-state index contributed by atoms with van der Waals surface area (Å²) in [6, 6.07) is 3.45. The predicted octanol–water partition coefficient (Wildman–Crippen LogP) is 2.74. The Kier molecular flexibility index (Phi) is 5.98. The summed E-state index contributed by atoms with van der Waals surface area (Å²) in [7, 11) is 0. The van der Waals surface area contributed by atoms with Crippen molar-refractivity contribution >= 4 is 17.7 Å². The molecule has 2 rings (SSSR count). The zero-order chi connectivity index (χ0) is 14.4. The van der Waals surface area contributed by atoms with Gasteiger partial charge in [-0.2, -0.15) is 11.8 Å². The number of furan rings is 1. The highest BCUT2D eigenvalue weighted by Crippen LogP contribution is 2.25. The molecule has 5 heteroatoms. The number of carbonyl (C=O) groups is 1. The maximum absolute atomic E-state index is 12.0. The first-order chi connectivity index (χ1) is 9.65. The van der Waals surface area contributed by atoms with Crippen LogP contribution in [0.15, 0.2) is 22.8 Å². The zero-order valence-corrected chi connectivity index (χ0v) is 12.7. The number of hydrogen-bond acceptors (Lipinski definition) is 4. The lowest BCUT2D eigenvalue weighted by Crippen LogP contribution is -2.35. The molecular formula is C15H23NO3S. The minimum atomic E-state index is -0.661. The number of thioether (sulfide) groups is 1. The van der Waals surface area contributed by atoms with E-state index in [9.17, 15) is 9.90 Å². The molecule has 0 saturated carbocycles. The van der Waals surface area contributed by atoms with E-state index in [1.807, 2.05) is 18.7 Å². The van der Waals surface area contributed by atoms with Crippen molar-refractivity contribution in [3.8, 4) is 0 Å². The summed E-state index contributed by atoms with van der Waals surface area (Å²) in [5, 5.41) is 12.9. The number of amides is 1. The minimum absolute atomic E-state index is 0.0550. The Bertz CT molecular complexity index is 401. The fourth-order valence-corrected chi connectivity index (χ4v) is 3.74. The fraction of sp³-hybridized carbons (Fsp3) is 0.667. The first-order valence-corrected chi connectivity index (χ1v) is 8.39. The summed E-state index contributed by atoms with van der Waals surface area (Å²) in [6.45, 7) is 1.92. The molecule has 1 amide bonds. The summed E-state index contributed by atoms with van der Waals surface area (Å²) in [4.78, 5) is 12.0. The van der Waals surface area contributed by atoms with Gasteiger partial charge in [0.1, 0.15) is 11.9 Å². The number of carbonyl (C=O) groups excluding carboxylic acids is 1. The van der Waals surface area contributed by atoms with Crippen molar-refractivity contribution in [1.29, 1.82) is 0 Å². The number of hydrogen-bond donors (Lipinski definition) is 2. The normalized spacial score (nSPS) is 19.5. The van der Waals surface area contributed by atoms with Crippen LogP contribution in [0.3, 0.4) is 0 Å². The second kappa shape index (κ2) is 7.74. The Morgan fingerprint density at radius 3 is 2.95 bits per heavy atom. The van der Waals surface area contributed by atoms with Gasteiger partial charge in [-0.25, -0.2) is 0 Å². The molecule has 2 N–H and O–H groups in total. The van der Waals surface area contributed by atoms with E-state index in [0.717, 1.165) is 12.8 Å². The highest BCUT2D eigenvalue weighted by molar-refractivity contribution is 7.99. The van der Waals surface area contributed by atoms with Gasteiger partial charge in [0.15, 0.2) is 0 Å². The third-order valence-corrected chi connectivity index (χ3v) is 4.72. The molecule has 0 aromatic carbocycles. The molecular weight excluding hydrogens is 274 g/mol. The molecule has 0 bridgehead atoms. The summed E-state index contributed by atoms with van der Waals surface area (Å²) < 4.78 is 5.16. The van der Waals surface area contributed by atoms with E-state index in [-0.39, 0.29) is 11.9 Å². The zero-order valence-electron chi connectivity index (χ0n) is 11.9. The molecule has 0 spiro atoms. The van der Waals surface area contributed by atoms with Gasteiger partial charge < -0.3 is 14.8 Å². The summed E-state index contributed by atoms with van der Waals surface area (Å²) in [5.41, 5.74) is 0. The molecule has 112 valence electrons. The number of rotatable bonds is 6. The van der Waals surface area contributed by atoms with E-state index in [4.69, 9.17) is 4.42 Å². The molecule has 1 aliphatic rings. The van der Waals surface area contributed by atoms with E-state index in [0.29, 0.717) is 24.5 Å². The summed E-state index contributed by atoms with van der Waals surface area (Å²) >= 11 is 1.97. The Hall–Kier alpha value is -0.940. The van der Waals surface area contributed by atoms with E-state index < -0.39 is 6.10 Å². The lowest BCUT2D eigenvalue weighted by atomic mass is 9.98. The molecule has 0 radical (unpaired) electrons. The number of aliphatic hydroxyl groups excluding tert-OH is 1. The maximum Gasteiger partial charge on any atom is 0.220 e. The quantitative estimate of drug-likeness (QED) is 0.847. The van der Waals surface area contributed by atoms with Crippen molar-refractivity contribution in [3.05, 3.63) is 24.2 Å². The monoisotopic (exact) mass is 297 g/mol. The number of aliphatic hydroxyl groups is 1.